The van der Waals surface area contributed by atoms with Crippen LogP contribution in [0.5, 0.6) is 5.88 Å². The fourth-order valence-corrected chi connectivity index (χ4v) is 29.5. The number of carbonyl (C=O) groups excluding carboxylic acids is 1. The maximum absolute atomic E-state index is 12.2. The molecule has 8 aliphatic rings. The Morgan fingerprint density at radius 1 is 0.367 bits per heavy atom. The first-order valence-corrected chi connectivity index (χ1v) is 58.9. The van der Waals surface area contributed by atoms with Crippen LogP contribution in [0.4, 0.5) is 29.1 Å². The summed E-state index contributed by atoms with van der Waals surface area (Å²) in [5.74, 6) is 6.09. The summed E-state index contributed by atoms with van der Waals surface area (Å²) in [7, 11) is 8.67. The number of esters is 1. The molecule has 786 valence electrons. The van der Waals surface area contributed by atoms with Crippen LogP contribution in [0.2, 0.25) is 0 Å². The van der Waals surface area contributed by atoms with Crippen LogP contribution in [-0.4, -0.2) is 250 Å². The first-order valence-electron chi connectivity index (χ1n) is 54.0. The van der Waals surface area contributed by atoms with E-state index in [1.165, 1.54) is 129 Å². The Morgan fingerprint density at radius 2 is 0.680 bits per heavy atom. The van der Waals surface area contributed by atoms with Gasteiger partial charge in [0.15, 0.2) is 0 Å². The monoisotopic (exact) mass is 2130 g/mol. The van der Waals surface area contributed by atoms with Gasteiger partial charge in [-0.15, -0.1) is 68.0 Å². The molecule has 12 aromatic heterocycles. The number of nitrogens with two attached hydrogens (primary N) is 1. The number of aliphatic hydroxyl groups excluding tert-OH is 2. The van der Waals surface area contributed by atoms with E-state index in [0.29, 0.717) is 72.6 Å². The number of morpholine rings is 2. The van der Waals surface area contributed by atoms with Crippen molar-refractivity contribution >= 4 is 225 Å². The van der Waals surface area contributed by atoms with Crippen molar-refractivity contribution < 1.29 is 34.0 Å². The number of nitrogens with zero attached hydrogens (tertiary/aromatic N) is 16. The molecular formula is C115H138N22O7S6. The lowest BCUT2D eigenvalue weighted by molar-refractivity contribution is 0.00788. The number of ether oxygens (including phenoxy) is 4. The van der Waals surface area contributed by atoms with E-state index in [9.17, 15) is 15.0 Å². The summed E-state index contributed by atoms with van der Waals surface area (Å²) in [6, 6.07) is 48.7. The lowest BCUT2D eigenvalue weighted by Crippen LogP contribution is -2.46. The van der Waals surface area contributed by atoms with Gasteiger partial charge in [-0.3, -0.25) is 9.80 Å². The van der Waals surface area contributed by atoms with Gasteiger partial charge in [-0.1, -0.05) is 80.1 Å². The molecule has 0 radical (unpaired) electrons. The minimum Gasteiger partial charge on any atom is -0.474 e. The van der Waals surface area contributed by atoms with Crippen molar-refractivity contribution in [1.82, 2.24) is 79.4 Å². The van der Waals surface area contributed by atoms with Crippen LogP contribution in [0.25, 0.3) is 122 Å². The van der Waals surface area contributed by atoms with Gasteiger partial charge in [0.05, 0.1) is 84.1 Å². The molecule has 0 bridgehead atoms. The molecule has 6 aliphatic carbocycles. The summed E-state index contributed by atoms with van der Waals surface area (Å²) >= 11 is 10.2. The number of nitrogens with one attached hydrogen (secondary N) is 5. The molecule has 29 nitrogen and oxygen atoms in total. The largest absolute Gasteiger partial charge is 0.474 e. The van der Waals surface area contributed by atoms with Crippen molar-refractivity contribution in [3.63, 3.8) is 0 Å². The van der Waals surface area contributed by atoms with E-state index in [1.807, 2.05) is 37.3 Å². The zero-order valence-corrected chi connectivity index (χ0v) is 91.5. The van der Waals surface area contributed by atoms with E-state index >= 15 is 0 Å². The van der Waals surface area contributed by atoms with Crippen molar-refractivity contribution in [2.45, 2.75) is 254 Å². The number of hydrogen-bond acceptors (Lipinski definition) is 35. The van der Waals surface area contributed by atoms with Gasteiger partial charge in [-0.05, 0) is 267 Å². The third kappa shape index (κ3) is 24.5. The number of hydrogen-bond donors (Lipinski definition) is 8. The van der Waals surface area contributed by atoms with Gasteiger partial charge in [-0.2, -0.15) is 0 Å². The number of fused-ring (bicyclic) bond motifs is 18. The molecule has 18 aromatic rings. The first-order chi connectivity index (χ1) is 73.6. The van der Waals surface area contributed by atoms with Gasteiger partial charge in [0.25, 0.3) is 0 Å². The standard InChI is InChI=1S/C23H28N4O3S.C21H26N4O2S.C19H24N4OS.C18H21N3OS.C18H21N3S.C16H18N4S/c1-2-30-23(28)15-3-8-19-18(13-15)20-21(24-14-25-22(20)31-19)26-16-4-6-17(7-5-16)27-9-11-29-12-10-27;26-12-14-1-6-18-17(11-14)19-20(22-13-23-21(19)28-18)24-15-2-4-16(5-3-15)25-7-9-27-10-8-25;1-23(2)14-6-4-13(5-7-14)22-18-17-15-9-12(10-24)3-8-16(15)25-19(17)21-11-20-18;1-21(2)12-7-9-13(10-8-12)22-17-16-14-5-3-4-6-15(14)23-18(16)20-11-19-17;1-2-12-7-9-13(10-8-12)21-17-16-14-5-3-4-6-15(14)22-18(16)20-11-19-17;17-10-5-7-11(8-6-10)20-15-14-12-3-1-2-4-13(12)21-16(14)19-9-18-15/h3,8,13-14,16-17H,2,4-7,9-12H2,1H3,(H,24,25,26);1,6,11,13,15-16,26H,2-5,7-10,12H2,(H,22,23,24);3,8-9,11,13-14,24H,4-7,10H2,1-2H3,(H,20,21,22);3-6,11-13H,7-10H2,1-2H3;3-6,11-13H,2,7-10H2,1H3,(H,19,20,21);1-4,9-11H,5-8,17H2,(H,18,19,20). The van der Waals surface area contributed by atoms with Crippen LogP contribution in [0, 0.1) is 5.92 Å². The van der Waals surface area contributed by atoms with Crippen molar-refractivity contribution in [2.75, 3.05) is 114 Å². The van der Waals surface area contributed by atoms with E-state index in [2.05, 4.69) is 238 Å². The van der Waals surface area contributed by atoms with E-state index in [-0.39, 0.29) is 25.3 Å². The SMILES string of the molecule is CCC1CCC(Nc2ncnc3sc4ccccc4c23)CC1.CCOC(=O)c1ccc2sc3ncnc(NC4CCC(N5CCOCC5)CC4)c3c2c1.CN(C)C1CCC(Nc2ncnc3sc4ccc(CO)cc4c23)CC1.CN(C)C1CCC(Oc2ncnc3sc4ccccc4c23)CC1.NC1CCC(Nc2ncnc3sc4ccccc4c23)CC1.OCc1ccc2sc3ncnc(NC4CCC(N5CCOCC5)CC4)c3c2c1. The minimum absolute atomic E-state index is 0.0509. The molecule has 150 heavy (non-hydrogen) atoms. The third-order valence-electron chi connectivity index (χ3n) is 31.8. The number of aliphatic hydroxyl groups is 2. The average molecular weight is 2130 g/mol. The van der Waals surface area contributed by atoms with Crippen LogP contribution in [-0.2, 0) is 27.4 Å². The van der Waals surface area contributed by atoms with Crippen molar-refractivity contribution in [3.8, 4) is 5.88 Å². The molecule has 2 aliphatic heterocycles. The van der Waals surface area contributed by atoms with Crippen LogP contribution < -0.4 is 37.1 Å². The molecule has 0 atom stereocenters. The highest BCUT2D eigenvalue weighted by molar-refractivity contribution is 7.27. The molecule has 26 rings (SSSR count). The molecule has 14 heterocycles. The van der Waals surface area contributed by atoms with E-state index < -0.39 is 0 Å². The predicted octanol–water partition coefficient (Wildman–Crippen LogP) is 23.9. The summed E-state index contributed by atoms with van der Waals surface area (Å²) in [6.45, 7) is 12.3. The van der Waals surface area contributed by atoms with Crippen LogP contribution >= 0.6 is 68.0 Å². The maximum Gasteiger partial charge on any atom is 0.338 e. The molecule has 0 spiro atoms. The summed E-state index contributed by atoms with van der Waals surface area (Å²) in [4.78, 5) is 82.1. The lowest BCUT2D eigenvalue weighted by atomic mass is 9.84. The fraction of sp³-hybridized carbons (Fsp3) is 0.470. The van der Waals surface area contributed by atoms with Gasteiger partial charge in [0.1, 0.15) is 102 Å². The second-order valence-corrected chi connectivity index (χ2v) is 47.8. The minimum atomic E-state index is -0.295. The predicted molar refractivity (Wildman–Crippen MR) is 619 cm³/mol. The first kappa shape index (κ1) is 105. The summed E-state index contributed by atoms with van der Waals surface area (Å²) < 4.78 is 29.7. The number of rotatable bonds is 21. The number of anilines is 5. The van der Waals surface area contributed by atoms with Gasteiger partial charge in [0.2, 0.25) is 5.88 Å². The molecule has 8 fully saturated rings. The highest BCUT2D eigenvalue weighted by atomic mass is 32.1. The Morgan fingerprint density at radius 3 is 1.05 bits per heavy atom. The summed E-state index contributed by atoms with van der Waals surface area (Å²) in [5.41, 5.74) is 8.40. The molecule has 0 amide bonds. The molecule has 2 saturated heterocycles. The Hall–Kier alpha value is -11.0. The van der Waals surface area contributed by atoms with Crippen LogP contribution in [0.15, 0.2) is 165 Å². The number of thiophene rings is 6. The number of carbonyl (C=O) groups is 1. The van der Waals surface area contributed by atoms with Gasteiger partial charge in [-0.25, -0.2) is 64.6 Å². The Bertz CT molecular complexity index is 7590. The van der Waals surface area contributed by atoms with Crippen LogP contribution in [0.3, 0.4) is 0 Å². The second-order valence-electron chi connectivity index (χ2n) is 41.6. The Balaban J connectivity index is 0.000000106. The molecule has 6 saturated carbocycles. The van der Waals surface area contributed by atoms with Crippen molar-refractivity contribution in [2.24, 2.45) is 11.7 Å². The van der Waals surface area contributed by atoms with E-state index in [4.69, 9.17) is 24.7 Å². The number of aromatic nitrogens is 12. The molecule has 9 N–H and O–H groups in total. The van der Waals surface area contributed by atoms with Gasteiger partial charge < -0.3 is 71.3 Å². The zero-order valence-electron chi connectivity index (χ0n) is 86.6. The summed E-state index contributed by atoms with van der Waals surface area (Å²) in [5, 5.41) is 51.0. The second kappa shape index (κ2) is 49.4. The van der Waals surface area contributed by atoms with E-state index in [0.717, 1.165) is 258 Å². The summed E-state index contributed by atoms with van der Waals surface area (Å²) in [6.07, 6.45) is 39.9. The fourth-order valence-electron chi connectivity index (χ4n) is 23.3. The average Bonchev–Trinajstić information content (AvgIpc) is 1.64. The maximum atomic E-state index is 12.2. The smallest absolute Gasteiger partial charge is 0.338 e. The highest BCUT2D eigenvalue weighted by Gasteiger charge is 2.34. The molecule has 0 unspecified atom stereocenters. The lowest BCUT2D eigenvalue weighted by Gasteiger charge is -2.39. The molecular weight excluding hydrogens is 1990 g/mol. The molecule has 35 heteroatoms. The topological polar surface area (TPSA) is 348 Å². The van der Waals surface area contributed by atoms with Gasteiger partial charge in [0, 0.05) is 147 Å². The third-order valence-corrected chi connectivity index (χ3v) is 38.3. The van der Waals surface area contributed by atoms with Crippen molar-refractivity contribution in [1.29, 1.82) is 0 Å². The van der Waals surface area contributed by atoms with E-state index in [1.54, 1.807) is 106 Å². The van der Waals surface area contributed by atoms with Crippen LogP contribution in [0.1, 0.15) is 196 Å². The van der Waals surface area contributed by atoms with Crippen molar-refractivity contribution in [3.05, 3.63) is 182 Å². The highest BCUT2D eigenvalue weighted by Crippen LogP contribution is 2.46. The Kier molecular flexibility index (Phi) is 34.5. The number of benzene rings is 6. The normalized spacial score (nSPS) is 22.5. The zero-order chi connectivity index (χ0) is 103. The Labute approximate surface area is 899 Å². The van der Waals surface area contributed by atoms with Gasteiger partial charge >= 0.3 is 5.97 Å². The molecule has 6 aromatic carbocycles. The quantitative estimate of drug-likeness (QED) is 0.0310.